The third kappa shape index (κ3) is 3.59. The van der Waals surface area contributed by atoms with Crippen LogP contribution in [-0.2, 0) is 10.0 Å². The minimum Gasteiger partial charge on any atom is -0.393 e. The van der Waals surface area contributed by atoms with Crippen molar-refractivity contribution in [1.29, 1.82) is 0 Å². The monoisotopic (exact) mass is 255 g/mol. The molecule has 4 nitrogen and oxygen atoms in total. The van der Waals surface area contributed by atoms with Crippen LogP contribution < -0.4 is 0 Å². The first-order valence-corrected chi connectivity index (χ1v) is 7.33. The van der Waals surface area contributed by atoms with Crippen LogP contribution in [0.3, 0.4) is 0 Å². The lowest BCUT2D eigenvalue weighted by Crippen LogP contribution is -2.45. The molecule has 1 heterocycles. The smallest absolute Gasteiger partial charge is 0.214 e. The van der Waals surface area contributed by atoms with Gasteiger partial charge in [-0.2, -0.15) is 0 Å². The van der Waals surface area contributed by atoms with Gasteiger partial charge in [-0.15, -0.1) is 11.6 Å². The van der Waals surface area contributed by atoms with Crippen LogP contribution in [0, 0.1) is 5.92 Å². The van der Waals surface area contributed by atoms with Crippen LogP contribution in [0.15, 0.2) is 0 Å². The lowest BCUT2D eigenvalue weighted by Gasteiger charge is -2.33. The number of aliphatic hydroxyl groups excluding tert-OH is 1. The van der Waals surface area contributed by atoms with E-state index in [2.05, 4.69) is 0 Å². The molecule has 1 fully saturated rings. The lowest BCUT2D eigenvalue weighted by molar-refractivity contribution is 0.0629. The zero-order valence-corrected chi connectivity index (χ0v) is 10.5. The van der Waals surface area contributed by atoms with E-state index in [0.717, 1.165) is 0 Å². The van der Waals surface area contributed by atoms with Crippen LogP contribution in [0.4, 0.5) is 0 Å². The van der Waals surface area contributed by atoms with Gasteiger partial charge in [0.15, 0.2) is 0 Å². The Morgan fingerprint density at radius 2 is 2.20 bits per heavy atom. The van der Waals surface area contributed by atoms with Gasteiger partial charge in [-0.25, -0.2) is 12.7 Å². The molecule has 0 spiro atoms. The van der Waals surface area contributed by atoms with E-state index < -0.39 is 10.0 Å². The van der Waals surface area contributed by atoms with E-state index in [1.165, 1.54) is 4.31 Å². The predicted molar refractivity (Wildman–Crippen MR) is 60.5 cm³/mol. The molecule has 1 N–H and O–H groups in total. The number of sulfonamides is 1. The molecule has 0 saturated carbocycles. The summed E-state index contributed by atoms with van der Waals surface area (Å²) in [5.74, 6) is 0.495. The Labute approximate surface area is 96.3 Å². The molecule has 6 heteroatoms. The molecule has 0 aromatic carbocycles. The van der Waals surface area contributed by atoms with Crippen LogP contribution in [0.5, 0.6) is 0 Å². The van der Waals surface area contributed by atoms with Crippen molar-refractivity contribution >= 4 is 21.6 Å². The number of nitrogens with zero attached hydrogens (tertiary/aromatic N) is 1. The molecule has 0 aromatic rings. The van der Waals surface area contributed by atoms with Crippen LogP contribution in [0.25, 0.3) is 0 Å². The number of halogens is 1. The Hall–Kier alpha value is 0.160. The van der Waals surface area contributed by atoms with Crippen molar-refractivity contribution in [1.82, 2.24) is 4.31 Å². The van der Waals surface area contributed by atoms with E-state index in [0.29, 0.717) is 31.8 Å². The fraction of sp³-hybridized carbons (Fsp3) is 1.00. The van der Waals surface area contributed by atoms with Gasteiger partial charge in [0.05, 0.1) is 11.9 Å². The summed E-state index contributed by atoms with van der Waals surface area (Å²) < 4.78 is 25.0. The SMILES string of the molecule is CC1CN(S(=O)(=O)CCCCl)CCC1O. The zero-order chi connectivity index (χ0) is 11.5. The van der Waals surface area contributed by atoms with Crippen LogP contribution in [0.1, 0.15) is 19.8 Å². The normalized spacial score (nSPS) is 29.3. The quantitative estimate of drug-likeness (QED) is 0.751. The standard InChI is InChI=1S/C9H18ClNO3S/c1-8-7-11(5-3-9(8)12)15(13,14)6-2-4-10/h8-9,12H,2-7H2,1H3. The first-order chi connectivity index (χ1) is 6.97. The number of alkyl halides is 1. The molecule has 1 rings (SSSR count). The molecule has 1 aliphatic heterocycles. The Morgan fingerprint density at radius 1 is 1.53 bits per heavy atom. The second-order valence-electron chi connectivity index (χ2n) is 4.05. The number of aliphatic hydroxyl groups is 1. The van der Waals surface area contributed by atoms with E-state index in [4.69, 9.17) is 11.6 Å². The molecule has 0 aliphatic carbocycles. The molecule has 1 saturated heterocycles. The van der Waals surface area contributed by atoms with Crippen molar-refractivity contribution in [2.24, 2.45) is 5.92 Å². The van der Waals surface area contributed by atoms with Crippen molar-refractivity contribution < 1.29 is 13.5 Å². The van der Waals surface area contributed by atoms with Crippen molar-refractivity contribution in [3.63, 3.8) is 0 Å². The van der Waals surface area contributed by atoms with Gasteiger partial charge in [0.2, 0.25) is 10.0 Å². The Bertz CT molecular complexity index is 294. The van der Waals surface area contributed by atoms with E-state index in [9.17, 15) is 13.5 Å². The van der Waals surface area contributed by atoms with Gasteiger partial charge in [0, 0.05) is 19.0 Å². The summed E-state index contributed by atoms with van der Waals surface area (Å²) >= 11 is 5.48. The highest BCUT2D eigenvalue weighted by atomic mass is 35.5. The number of piperidine rings is 1. The van der Waals surface area contributed by atoms with Gasteiger partial charge in [0.25, 0.3) is 0 Å². The van der Waals surface area contributed by atoms with E-state index in [1.807, 2.05) is 6.92 Å². The average Bonchev–Trinajstić information content (AvgIpc) is 2.19. The van der Waals surface area contributed by atoms with Crippen molar-refractivity contribution in [2.45, 2.75) is 25.9 Å². The Balaban J connectivity index is 2.57. The highest BCUT2D eigenvalue weighted by Gasteiger charge is 2.30. The van der Waals surface area contributed by atoms with Gasteiger partial charge < -0.3 is 5.11 Å². The molecule has 0 aromatic heterocycles. The number of rotatable bonds is 4. The molecule has 0 bridgehead atoms. The maximum Gasteiger partial charge on any atom is 0.214 e. The second-order valence-corrected chi connectivity index (χ2v) is 6.52. The molecule has 0 amide bonds. The average molecular weight is 256 g/mol. The third-order valence-corrected chi connectivity index (χ3v) is 4.94. The largest absolute Gasteiger partial charge is 0.393 e. The maximum atomic E-state index is 11.8. The molecular formula is C9H18ClNO3S. The van der Waals surface area contributed by atoms with Crippen LogP contribution >= 0.6 is 11.6 Å². The molecule has 2 atom stereocenters. The highest BCUT2D eigenvalue weighted by molar-refractivity contribution is 7.89. The van der Waals surface area contributed by atoms with E-state index >= 15 is 0 Å². The fourth-order valence-electron chi connectivity index (χ4n) is 1.71. The lowest BCUT2D eigenvalue weighted by atomic mass is 9.99. The van der Waals surface area contributed by atoms with Crippen LogP contribution in [-0.4, -0.2) is 48.7 Å². The molecule has 15 heavy (non-hydrogen) atoms. The predicted octanol–water partition coefficient (Wildman–Crippen LogP) is 0.648. The summed E-state index contributed by atoms with van der Waals surface area (Å²) in [5.41, 5.74) is 0. The zero-order valence-electron chi connectivity index (χ0n) is 8.89. The van der Waals surface area contributed by atoms with E-state index in [1.54, 1.807) is 0 Å². The van der Waals surface area contributed by atoms with Gasteiger partial charge in [-0.05, 0) is 18.8 Å². The minimum atomic E-state index is -3.16. The van der Waals surface area contributed by atoms with Gasteiger partial charge in [-0.3, -0.25) is 0 Å². The summed E-state index contributed by atoms with van der Waals surface area (Å²) in [7, 11) is -3.16. The van der Waals surface area contributed by atoms with Gasteiger partial charge in [-0.1, -0.05) is 6.92 Å². The first kappa shape index (κ1) is 13.2. The first-order valence-electron chi connectivity index (χ1n) is 5.19. The topological polar surface area (TPSA) is 57.6 Å². The van der Waals surface area contributed by atoms with Crippen LogP contribution in [0.2, 0.25) is 0 Å². The third-order valence-electron chi connectivity index (χ3n) is 2.75. The summed E-state index contributed by atoms with van der Waals surface area (Å²) in [6.45, 7) is 2.72. The molecular weight excluding hydrogens is 238 g/mol. The van der Waals surface area contributed by atoms with Gasteiger partial charge >= 0.3 is 0 Å². The van der Waals surface area contributed by atoms with Gasteiger partial charge in [0.1, 0.15) is 0 Å². The second kappa shape index (κ2) is 5.48. The Kier molecular flexibility index (Phi) is 4.83. The molecule has 90 valence electrons. The molecule has 0 radical (unpaired) electrons. The number of hydrogen-bond acceptors (Lipinski definition) is 3. The highest BCUT2D eigenvalue weighted by Crippen LogP contribution is 2.19. The minimum absolute atomic E-state index is 0.0181. The fourth-order valence-corrected chi connectivity index (χ4v) is 3.62. The van der Waals surface area contributed by atoms with Crippen molar-refractivity contribution in [3.05, 3.63) is 0 Å². The number of hydrogen-bond donors (Lipinski definition) is 1. The van der Waals surface area contributed by atoms with Crippen molar-refractivity contribution in [3.8, 4) is 0 Å². The Morgan fingerprint density at radius 3 is 2.73 bits per heavy atom. The molecule has 2 unspecified atom stereocenters. The summed E-state index contributed by atoms with van der Waals surface area (Å²) in [5, 5.41) is 9.49. The summed E-state index contributed by atoms with van der Waals surface area (Å²) in [4.78, 5) is 0. The summed E-state index contributed by atoms with van der Waals surface area (Å²) in [6, 6.07) is 0. The summed E-state index contributed by atoms with van der Waals surface area (Å²) in [6.07, 6.45) is 0.642. The molecule has 1 aliphatic rings. The van der Waals surface area contributed by atoms with Crippen molar-refractivity contribution in [2.75, 3.05) is 24.7 Å². The van der Waals surface area contributed by atoms with E-state index in [-0.39, 0.29) is 17.8 Å². The maximum absolute atomic E-state index is 11.8.